The lowest BCUT2D eigenvalue weighted by molar-refractivity contribution is -0.141. The molecule has 1 N–H and O–H groups in total. The molecule has 2 aromatic carbocycles. The van der Waals surface area contributed by atoms with Gasteiger partial charge in [-0.3, -0.25) is 13.9 Å². The van der Waals surface area contributed by atoms with E-state index in [2.05, 4.69) is 5.32 Å². The van der Waals surface area contributed by atoms with Crippen molar-refractivity contribution in [2.75, 3.05) is 30.3 Å². The molecular weight excluding hydrogens is 466 g/mol. The van der Waals surface area contributed by atoms with Gasteiger partial charge in [0.05, 0.1) is 18.6 Å². The third kappa shape index (κ3) is 8.58. The van der Waals surface area contributed by atoms with Gasteiger partial charge in [-0.15, -0.1) is 0 Å². The zero-order valence-electron chi connectivity index (χ0n) is 21.1. The molecule has 8 nitrogen and oxygen atoms in total. The van der Waals surface area contributed by atoms with Crippen molar-refractivity contribution in [2.45, 2.75) is 52.6 Å². The van der Waals surface area contributed by atoms with E-state index in [9.17, 15) is 18.0 Å². The van der Waals surface area contributed by atoms with Crippen LogP contribution in [0.3, 0.4) is 0 Å². The Kier molecular flexibility index (Phi) is 11.0. The van der Waals surface area contributed by atoms with Gasteiger partial charge in [-0.25, -0.2) is 8.42 Å². The summed E-state index contributed by atoms with van der Waals surface area (Å²) in [6, 6.07) is 15.8. The Morgan fingerprint density at radius 2 is 1.66 bits per heavy atom. The van der Waals surface area contributed by atoms with Crippen molar-refractivity contribution in [3.8, 4) is 5.75 Å². The van der Waals surface area contributed by atoms with Gasteiger partial charge in [0.25, 0.3) is 0 Å². The van der Waals surface area contributed by atoms with Crippen LogP contribution < -0.4 is 14.4 Å². The highest BCUT2D eigenvalue weighted by atomic mass is 32.2. The van der Waals surface area contributed by atoms with Crippen LogP contribution in [0.1, 0.15) is 45.6 Å². The van der Waals surface area contributed by atoms with E-state index in [1.807, 2.05) is 51.1 Å². The zero-order valence-corrected chi connectivity index (χ0v) is 21.9. The number of carbonyl (C=O) groups excluding carboxylic acids is 2. The molecule has 2 rings (SSSR count). The SMILES string of the molecule is CCNC(=O)C(CC)N(Cc1ccccc1)C(=O)CCCN(c1ccc(OCC)cc1)S(C)(=O)=O. The summed E-state index contributed by atoms with van der Waals surface area (Å²) in [4.78, 5) is 27.6. The first-order chi connectivity index (χ1) is 16.7. The van der Waals surface area contributed by atoms with Crippen molar-refractivity contribution in [3.63, 3.8) is 0 Å². The summed E-state index contributed by atoms with van der Waals surface area (Å²) >= 11 is 0. The average Bonchev–Trinajstić information content (AvgIpc) is 2.82. The Morgan fingerprint density at radius 3 is 2.20 bits per heavy atom. The van der Waals surface area contributed by atoms with Crippen molar-refractivity contribution in [1.82, 2.24) is 10.2 Å². The lowest BCUT2D eigenvalue weighted by atomic mass is 10.1. The molecule has 0 aromatic heterocycles. The Hall–Kier alpha value is -3.07. The Bertz CT molecular complexity index is 1040. The topological polar surface area (TPSA) is 96.0 Å². The second kappa shape index (κ2) is 13.7. The molecule has 1 atom stereocenters. The molecule has 1 unspecified atom stereocenters. The number of benzene rings is 2. The average molecular weight is 504 g/mol. The number of nitrogens with zero attached hydrogens (tertiary/aromatic N) is 2. The molecule has 2 amide bonds. The minimum Gasteiger partial charge on any atom is -0.494 e. The van der Waals surface area contributed by atoms with Crippen molar-refractivity contribution in [1.29, 1.82) is 0 Å². The van der Waals surface area contributed by atoms with Gasteiger partial charge in [-0.1, -0.05) is 37.3 Å². The second-order valence-electron chi connectivity index (χ2n) is 8.19. The maximum absolute atomic E-state index is 13.3. The van der Waals surface area contributed by atoms with Crippen LogP contribution in [0, 0.1) is 0 Å². The first-order valence-corrected chi connectivity index (χ1v) is 13.9. The molecule has 192 valence electrons. The summed E-state index contributed by atoms with van der Waals surface area (Å²) in [7, 11) is -3.55. The van der Waals surface area contributed by atoms with E-state index in [-0.39, 0.29) is 24.8 Å². The number of ether oxygens (including phenoxy) is 1. The predicted octanol–water partition coefficient (Wildman–Crippen LogP) is 3.58. The van der Waals surface area contributed by atoms with Gasteiger partial charge in [0.2, 0.25) is 21.8 Å². The fourth-order valence-corrected chi connectivity index (χ4v) is 4.84. The van der Waals surface area contributed by atoms with Crippen LogP contribution in [0.2, 0.25) is 0 Å². The van der Waals surface area contributed by atoms with Crippen LogP contribution in [0.15, 0.2) is 54.6 Å². The van der Waals surface area contributed by atoms with E-state index in [1.165, 1.54) is 4.31 Å². The van der Waals surface area contributed by atoms with E-state index < -0.39 is 16.1 Å². The highest BCUT2D eigenvalue weighted by Gasteiger charge is 2.28. The number of hydrogen-bond acceptors (Lipinski definition) is 5. The minimum atomic E-state index is -3.55. The van der Waals surface area contributed by atoms with Gasteiger partial charge >= 0.3 is 0 Å². The van der Waals surface area contributed by atoms with E-state index >= 15 is 0 Å². The Morgan fingerprint density at radius 1 is 1.00 bits per heavy atom. The van der Waals surface area contributed by atoms with Crippen molar-refractivity contribution >= 4 is 27.5 Å². The van der Waals surface area contributed by atoms with Crippen LogP contribution in [0.4, 0.5) is 5.69 Å². The number of likely N-dealkylation sites (N-methyl/N-ethyl adjacent to an activating group) is 1. The van der Waals surface area contributed by atoms with Gasteiger partial charge in [0.15, 0.2) is 0 Å². The molecule has 0 aliphatic rings. The molecule has 0 saturated carbocycles. The summed E-state index contributed by atoms with van der Waals surface area (Å²) < 4.78 is 31.6. The van der Waals surface area contributed by atoms with E-state index in [0.717, 1.165) is 11.8 Å². The predicted molar refractivity (Wildman–Crippen MR) is 139 cm³/mol. The maximum Gasteiger partial charge on any atom is 0.242 e. The fraction of sp³-hybridized carbons (Fsp3) is 0.462. The van der Waals surface area contributed by atoms with Gasteiger partial charge in [-0.05, 0) is 56.5 Å². The third-order valence-corrected chi connectivity index (χ3v) is 6.71. The molecule has 9 heteroatoms. The monoisotopic (exact) mass is 503 g/mol. The van der Waals surface area contributed by atoms with Gasteiger partial charge in [0.1, 0.15) is 11.8 Å². The highest BCUT2D eigenvalue weighted by Crippen LogP contribution is 2.23. The lowest BCUT2D eigenvalue weighted by Gasteiger charge is -2.31. The van der Waals surface area contributed by atoms with Gasteiger partial charge in [0, 0.05) is 26.1 Å². The molecular formula is C26H37N3O5S. The standard InChI is InChI=1S/C26H37N3O5S/c1-5-24(26(31)27-6-2)28(20-21-12-9-8-10-13-21)25(30)14-11-19-29(35(4,32)33)22-15-17-23(18-16-22)34-7-3/h8-10,12-13,15-18,24H,5-7,11,14,19-20H2,1-4H3,(H,27,31). The number of amides is 2. The molecule has 35 heavy (non-hydrogen) atoms. The summed E-state index contributed by atoms with van der Waals surface area (Å²) in [5, 5.41) is 2.82. The third-order valence-electron chi connectivity index (χ3n) is 5.52. The molecule has 0 bridgehead atoms. The molecule has 2 aromatic rings. The van der Waals surface area contributed by atoms with Gasteiger partial charge < -0.3 is 15.0 Å². The van der Waals surface area contributed by atoms with Crippen LogP contribution >= 0.6 is 0 Å². The van der Waals surface area contributed by atoms with Crippen LogP contribution in [-0.4, -0.2) is 57.1 Å². The van der Waals surface area contributed by atoms with Crippen LogP contribution in [-0.2, 0) is 26.2 Å². The molecule has 0 radical (unpaired) electrons. The molecule has 0 saturated heterocycles. The maximum atomic E-state index is 13.3. The number of rotatable bonds is 14. The minimum absolute atomic E-state index is 0.117. The number of sulfonamides is 1. The Balaban J connectivity index is 2.15. The zero-order chi connectivity index (χ0) is 25.8. The quantitative estimate of drug-likeness (QED) is 0.425. The number of nitrogens with one attached hydrogen (secondary N) is 1. The molecule has 0 aliphatic heterocycles. The van der Waals surface area contributed by atoms with E-state index in [4.69, 9.17) is 4.74 Å². The second-order valence-corrected chi connectivity index (χ2v) is 10.1. The smallest absolute Gasteiger partial charge is 0.242 e. The number of anilines is 1. The van der Waals surface area contributed by atoms with E-state index in [1.54, 1.807) is 29.2 Å². The normalized spacial score (nSPS) is 12.0. The van der Waals surface area contributed by atoms with Crippen molar-refractivity contribution in [2.24, 2.45) is 0 Å². The summed E-state index contributed by atoms with van der Waals surface area (Å²) in [5.41, 5.74) is 1.44. The number of carbonyl (C=O) groups is 2. The van der Waals surface area contributed by atoms with Crippen LogP contribution in [0.25, 0.3) is 0 Å². The summed E-state index contributed by atoms with van der Waals surface area (Å²) in [6.07, 6.45) is 2.06. The van der Waals surface area contributed by atoms with Crippen LogP contribution in [0.5, 0.6) is 5.75 Å². The first-order valence-electron chi connectivity index (χ1n) is 12.0. The molecule has 0 fully saturated rings. The highest BCUT2D eigenvalue weighted by molar-refractivity contribution is 7.92. The molecule has 0 aliphatic carbocycles. The van der Waals surface area contributed by atoms with E-state index in [0.29, 0.717) is 44.0 Å². The lowest BCUT2D eigenvalue weighted by Crippen LogP contribution is -2.49. The number of hydrogen-bond donors (Lipinski definition) is 1. The Labute approximate surface area is 209 Å². The van der Waals surface area contributed by atoms with Gasteiger partial charge in [-0.2, -0.15) is 0 Å². The first kappa shape index (κ1) is 28.2. The summed E-state index contributed by atoms with van der Waals surface area (Å²) in [5.74, 6) is 0.283. The molecule has 0 spiro atoms. The molecule has 0 heterocycles. The van der Waals surface area contributed by atoms with Crippen molar-refractivity contribution in [3.05, 3.63) is 60.2 Å². The summed E-state index contributed by atoms with van der Waals surface area (Å²) in [6.45, 7) is 7.06. The van der Waals surface area contributed by atoms with Crippen molar-refractivity contribution < 1.29 is 22.7 Å². The fourth-order valence-electron chi connectivity index (χ4n) is 3.87. The largest absolute Gasteiger partial charge is 0.494 e.